The van der Waals surface area contributed by atoms with Crippen molar-refractivity contribution in [2.45, 2.75) is 136 Å². The number of carbonyl (C=O) groups excluding carboxylic acids is 9. The molecule has 350 valence electrons. The van der Waals surface area contributed by atoms with Crippen LogP contribution < -0.4 is 31.3 Å². The minimum atomic E-state index is -1.05. The van der Waals surface area contributed by atoms with Gasteiger partial charge >= 0.3 is 6.03 Å². The minimum absolute atomic E-state index is 0.0408. The number of nitrogens with zero attached hydrogens (tertiary/aromatic N) is 2. The van der Waals surface area contributed by atoms with E-state index in [2.05, 4.69) is 40.4 Å². The van der Waals surface area contributed by atoms with Gasteiger partial charge in [0.05, 0.1) is 23.8 Å². The molecule has 9 amide bonds. The summed E-state index contributed by atoms with van der Waals surface area (Å²) in [7, 11) is 0. The Labute approximate surface area is 374 Å². The van der Waals surface area contributed by atoms with E-state index in [-0.39, 0.29) is 71.1 Å². The molecule has 3 saturated heterocycles. The molecule has 18 heteroatoms. The molecule has 0 spiro atoms. The third-order valence-electron chi connectivity index (χ3n) is 13.5. The molecule has 5 aliphatic rings. The van der Waals surface area contributed by atoms with Gasteiger partial charge in [0.25, 0.3) is 11.8 Å². The maximum atomic E-state index is 14.3. The number of benzene rings is 1. The summed E-state index contributed by atoms with van der Waals surface area (Å²) in [5.41, 5.74) is -1.27. The number of hydrogen-bond acceptors (Lipinski definition) is 11. The molecular formula is C46H65N7O11. The van der Waals surface area contributed by atoms with E-state index < -0.39 is 70.7 Å². The van der Waals surface area contributed by atoms with Gasteiger partial charge < -0.3 is 40.4 Å². The molecule has 6 rings (SSSR count). The Kier molecular flexibility index (Phi) is 14.6. The van der Waals surface area contributed by atoms with Gasteiger partial charge in [-0.05, 0) is 93.6 Å². The van der Waals surface area contributed by atoms with Gasteiger partial charge in [-0.25, -0.2) is 4.79 Å². The Morgan fingerprint density at radius 3 is 2.30 bits per heavy atom. The van der Waals surface area contributed by atoms with Crippen LogP contribution in [0, 0.1) is 28.6 Å². The number of fused-ring (bicyclic) bond motifs is 2. The summed E-state index contributed by atoms with van der Waals surface area (Å²) in [6, 6.07) is 0.566. The molecule has 0 bridgehead atoms. The highest BCUT2D eigenvalue weighted by molar-refractivity contribution is 6.24. The number of hydrogen-bond donors (Lipinski definition) is 5. The Morgan fingerprint density at radius 2 is 1.64 bits per heavy atom. The fourth-order valence-corrected chi connectivity index (χ4v) is 9.63. The van der Waals surface area contributed by atoms with Crippen LogP contribution in [0.15, 0.2) is 18.2 Å². The second-order valence-corrected chi connectivity index (χ2v) is 20.2. The number of imide groups is 2. The first-order chi connectivity index (χ1) is 30.2. The van der Waals surface area contributed by atoms with Crippen LogP contribution in [0.4, 0.5) is 4.79 Å². The fraction of sp³-hybridized carbons (Fsp3) is 0.674. The van der Waals surface area contributed by atoms with Crippen LogP contribution in [0.2, 0.25) is 0 Å². The number of likely N-dealkylation sites (tertiary alicyclic amines) is 1. The average Bonchev–Trinajstić information content (AvgIpc) is 3.62. The lowest BCUT2D eigenvalue weighted by atomic mass is 9.85. The van der Waals surface area contributed by atoms with Crippen molar-refractivity contribution in [3.05, 3.63) is 29.3 Å². The number of unbranched alkanes of at least 4 members (excludes halogenated alkanes) is 3. The van der Waals surface area contributed by atoms with Crippen LogP contribution in [0.1, 0.15) is 127 Å². The highest BCUT2D eigenvalue weighted by Crippen LogP contribution is 2.65. The molecule has 0 aromatic heterocycles. The molecule has 1 saturated carbocycles. The molecule has 1 aromatic carbocycles. The minimum Gasteiger partial charge on any atom is -0.493 e. The van der Waals surface area contributed by atoms with E-state index in [1.807, 2.05) is 34.6 Å². The molecule has 1 unspecified atom stereocenters. The largest absolute Gasteiger partial charge is 0.493 e. The van der Waals surface area contributed by atoms with Crippen molar-refractivity contribution < 1.29 is 52.6 Å². The number of ether oxygens (including phenoxy) is 2. The van der Waals surface area contributed by atoms with Crippen LogP contribution in [-0.4, -0.2) is 126 Å². The van der Waals surface area contributed by atoms with E-state index in [1.54, 1.807) is 17.0 Å². The second-order valence-electron chi connectivity index (χ2n) is 20.2. The number of carbonyl (C=O) groups is 9. The topological polar surface area (TPSA) is 239 Å². The second kappa shape index (κ2) is 19.4. The van der Waals surface area contributed by atoms with E-state index in [0.29, 0.717) is 58.5 Å². The quantitative estimate of drug-likeness (QED) is 0.0725. The first-order valence-corrected chi connectivity index (χ1v) is 22.6. The van der Waals surface area contributed by atoms with E-state index in [9.17, 15) is 43.2 Å². The molecule has 64 heavy (non-hydrogen) atoms. The molecule has 0 radical (unpaired) electrons. The Bertz CT molecular complexity index is 2030. The average molecular weight is 892 g/mol. The van der Waals surface area contributed by atoms with Crippen molar-refractivity contribution in [3.63, 3.8) is 0 Å². The summed E-state index contributed by atoms with van der Waals surface area (Å²) in [6.07, 6.45) is 5.22. The zero-order valence-electron chi connectivity index (χ0n) is 38.1. The lowest BCUT2D eigenvalue weighted by molar-refractivity contribution is -0.144. The standard InChI is InChI=1S/C46H65N7O11/c1-44(2,3)36(42(61)52-24-29-34(46(29,6)7)35(52)39(58)48-27(25-54)23-26-17-19-47-37(26)56)50-43(62)51-45(4,5)18-22-63-20-10-8-9-11-21-64-31-14-12-13-28-33(31)41(60)53(40(28)59)30-15-16-32(55)49-38(30)57/h12-14,25-27,29-30,34-36H,8-11,15-24H2,1-7H3,(H,47,56)(H,48,58)(H,49,55,57)(H2,50,51,62)/t26-,27-,29-,30?,34-,35-,36+/m0/s1. The van der Waals surface area contributed by atoms with Crippen molar-refractivity contribution in [1.29, 1.82) is 0 Å². The highest BCUT2D eigenvalue weighted by Gasteiger charge is 2.70. The van der Waals surface area contributed by atoms with Crippen molar-refractivity contribution in [1.82, 2.24) is 36.4 Å². The SMILES string of the molecule is CC(C)(CCOCCCCCCOc1cccc2c1C(=O)N(C1CCC(=O)NC1=O)C2=O)NC(=O)N[C@H](C(=O)N1C[C@H]2[C@@H]([C@H]1C(=O)N[C@H](C=O)C[C@@H]1CCNC1=O)C2(C)C)C(C)(C)C. The van der Waals surface area contributed by atoms with Gasteiger partial charge in [0, 0.05) is 44.2 Å². The van der Waals surface area contributed by atoms with Gasteiger partial charge in [-0.3, -0.25) is 43.8 Å². The Morgan fingerprint density at radius 1 is 0.922 bits per heavy atom. The number of nitrogens with one attached hydrogen (secondary N) is 5. The number of rotatable bonds is 20. The third-order valence-corrected chi connectivity index (χ3v) is 13.5. The number of aldehydes is 1. The summed E-state index contributed by atoms with van der Waals surface area (Å²) in [5.74, 6) is -3.33. The lowest BCUT2D eigenvalue weighted by Gasteiger charge is -2.38. The van der Waals surface area contributed by atoms with Gasteiger partial charge in [-0.15, -0.1) is 0 Å². The molecule has 4 fully saturated rings. The van der Waals surface area contributed by atoms with Crippen molar-refractivity contribution >= 4 is 53.7 Å². The van der Waals surface area contributed by atoms with Crippen molar-refractivity contribution in [3.8, 4) is 5.75 Å². The van der Waals surface area contributed by atoms with Gasteiger partial charge in [-0.1, -0.05) is 47.1 Å². The van der Waals surface area contributed by atoms with Crippen LogP contribution in [-0.2, 0) is 33.5 Å². The number of urea groups is 1. The van der Waals surface area contributed by atoms with Crippen LogP contribution >= 0.6 is 0 Å². The molecule has 5 N–H and O–H groups in total. The van der Waals surface area contributed by atoms with E-state index in [0.717, 1.165) is 24.2 Å². The number of piperidine rings is 2. The smallest absolute Gasteiger partial charge is 0.315 e. The molecule has 1 aliphatic carbocycles. The van der Waals surface area contributed by atoms with Crippen LogP contribution in [0.5, 0.6) is 5.75 Å². The maximum absolute atomic E-state index is 14.3. The predicted molar refractivity (Wildman–Crippen MR) is 231 cm³/mol. The van der Waals surface area contributed by atoms with E-state index >= 15 is 0 Å². The Balaban J connectivity index is 0.905. The molecule has 4 heterocycles. The molecular weight excluding hydrogens is 827 g/mol. The summed E-state index contributed by atoms with van der Waals surface area (Å²) in [6.45, 7) is 15.5. The summed E-state index contributed by atoms with van der Waals surface area (Å²) >= 11 is 0. The first kappa shape index (κ1) is 48.1. The van der Waals surface area contributed by atoms with E-state index in [1.165, 1.54) is 6.07 Å². The Hall–Kier alpha value is -5.39. The monoisotopic (exact) mass is 891 g/mol. The summed E-state index contributed by atoms with van der Waals surface area (Å²) < 4.78 is 11.8. The van der Waals surface area contributed by atoms with Crippen LogP contribution in [0.3, 0.4) is 0 Å². The molecule has 7 atom stereocenters. The van der Waals surface area contributed by atoms with Crippen LogP contribution in [0.25, 0.3) is 0 Å². The van der Waals surface area contributed by atoms with Gasteiger partial charge in [-0.2, -0.15) is 0 Å². The lowest BCUT2D eigenvalue weighted by Crippen LogP contribution is -2.62. The van der Waals surface area contributed by atoms with Gasteiger partial charge in [0.2, 0.25) is 29.5 Å². The summed E-state index contributed by atoms with van der Waals surface area (Å²) in [5, 5.41) is 13.7. The highest BCUT2D eigenvalue weighted by atomic mass is 16.5. The fourth-order valence-electron chi connectivity index (χ4n) is 9.63. The van der Waals surface area contributed by atoms with Crippen molar-refractivity contribution in [2.24, 2.45) is 28.6 Å². The van der Waals surface area contributed by atoms with Gasteiger partial charge in [0.1, 0.15) is 30.2 Å². The van der Waals surface area contributed by atoms with Gasteiger partial charge in [0.15, 0.2) is 0 Å². The third kappa shape index (κ3) is 10.6. The maximum Gasteiger partial charge on any atom is 0.315 e. The first-order valence-electron chi connectivity index (χ1n) is 22.6. The zero-order valence-corrected chi connectivity index (χ0v) is 38.1. The molecule has 18 nitrogen and oxygen atoms in total. The van der Waals surface area contributed by atoms with E-state index in [4.69, 9.17) is 9.47 Å². The molecule has 1 aromatic rings. The predicted octanol–water partition coefficient (Wildman–Crippen LogP) is 2.62. The van der Waals surface area contributed by atoms with Crippen molar-refractivity contribution in [2.75, 3.05) is 32.9 Å². The summed E-state index contributed by atoms with van der Waals surface area (Å²) in [4.78, 5) is 119. The number of amides is 9. The normalized spacial score (nSPS) is 24.6. The zero-order chi connectivity index (χ0) is 46.7. The molecule has 4 aliphatic heterocycles.